The molecule has 0 radical (unpaired) electrons. The van der Waals surface area contributed by atoms with Crippen molar-refractivity contribution in [1.29, 1.82) is 0 Å². The zero-order chi connectivity index (χ0) is 12.6. The number of ether oxygens (including phenoxy) is 1. The predicted octanol–water partition coefficient (Wildman–Crippen LogP) is 2.37. The summed E-state index contributed by atoms with van der Waals surface area (Å²) in [5.41, 5.74) is -1.19. The minimum atomic E-state index is -0.678. The summed E-state index contributed by atoms with van der Waals surface area (Å²) in [7, 11) is 0. The summed E-state index contributed by atoms with van der Waals surface area (Å²) >= 11 is 0. The number of rotatable bonds is 1. The van der Waals surface area contributed by atoms with Gasteiger partial charge < -0.3 is 4.74 Å². The van der Waals surface area contributed by atoms with E-state index >= 15 is 0 Å². The molecule has 1 aliphatic rings. The van der Waals surface area contributed by atoms with Gasteiger partial charge in [0.05, 0.1) is 0 Å². The average Bonchev–Trinajstić information content (AvgIpc) is 2.45. The van der Waals surface area contributed by atoms with Crippen LogP contribution in [0.15, 0.2) is 0 Å². The SMILES string of the molecule is CC(=O)C1(C)CCCN1C(=O)OC(C)(C)C. The number of carbonyl (C=O) groups is 2. The minimum absolute atomic E-state index is 0.0239. The molecule has 1 aliphatic heterocycles. The summed E-state index contributed by atoms with van der Waals surface area (Å²) in [6.45, 7) is 9.42. The highest BCUT2D eigenvalue weighted by atomic mass is 16.6. The molecule has 1 saturated heterocycles. The highest BCUT2D eigenvalue weighted by Gasteiger charge is 2.44. The number of ketones is 1. The molecule has 0 aromatic rings. The van der Waals surface area contributed by atoms with Crippen molar-refractivity contribution < 1.29 is 14.3 Å². The van der Waals surface area contributed by atoms with Gasteiger partial charge in [0, 0.05) is 6.54 Å². The number of Topliss-reactive ketones (excluding diaryl/α,β-unsaturated/α-hetero) is 1. The van der Waals surface area contributed by atoms with Crippen molar-refractivity contribution in [2.75, 3.05) is 6.54 Å². The smallest absolute Gasteiger partial charge is 0.411 e. The highest BCUT2D eigenvalue weighted by molar-refractivity contribution is 5.90. The number of hydrogen-bond donors (Lipinski definition) is 0. The Balaban J connectivity index is 2.80. The Morgan fingerprint density at radius 3 is 2.31 bits per heavy atom. The summed E-state index contributed by atoms with van der Waals surface area (Å²) in [6.07, 6.45) is 1.19. The van der Waals surface area contributed by atoms with Crippen LogP contribution in [0.5, 0.6) is 0 Å². The van der Waals surface area contributed by atoms with Gasteiger partial charge in [-0.15, -0.1) is 0 Å². The van der Waals surface area contributed by atoms with Crippen LogP contribution in [0, 0.1) is 0 Å². The Bertz CT molecular complexity index is 306. The molecule has 0 bridgehead atoms. The van der Waals surface area contributed by atoms with Crippen molar-refractivity contribution in [2.24, 2.45) is 0 Å². The van der Waals surface area contributed by atoms with E-state index in [1.165, 1.54) is 6.92 Å². The number of likely N-dealkylation sites (tertiary alicyclic amines) is 1. The van der Waals surface area contributed by atoms with Gasteiger partial charge in [0.25, 0.3) is 0 Å². The molecule has 0 saturated carbocycles. The molecule has 4 heteroatoms. The minimum Gasteiger partial charge on any atom is -0.444 e. The first-order valence-electron chi connectivity index (χ1n) is 5.68. The topological polar surface area (TPSA) is 46.6 Å². The largest absolute Gasteiger partial charge is 0.444 e. The van der Waals surface area contributed by atoms with Gasteiger partial charge in [-0.1, -0.05) is 0 Å². The van der Waals surface area contributed by atoms with Crippen LogP contribution in [0.3, 0.4) is 0 Å². The lowest BCUT2D eigenvalue weighted by Crippen LogP contribution is -2.51. The second-order valence-electron chi connectivity index (χ2n) is 5.57. The molecule has 92 valence electrons. The van der Waals surface area contributed by atoms with E-state index < -0.39 is 11.1 Å². The summed E-state index contributed by atoms with van der Waals surface area (Å²) in [5, 5.41) is 0. The molecule has 1 heterocycles. The van der Waals surface area contributed by atoms with Crippen LogP contribution in [0.1, 0.15) is 47.5 Å². The van der Waals surface area contributed by atoms with E-state index in [0.717, 1.165) is 12.8 Å². The molecule has 16 heavy (non-hydrogen) atoms. The molecule has 1 unspecified atom stereocenters. The second-order valence-corrected chi connectivity index (χ2v) is 5.57. The lowest BCUT2D eigenvalue weighted by atomic mass is 9.94. The van der Waals surface area contributed by atoms with Crippen molar-refractivity contribution >= 4 is 11.9 Å². The lowest BCUT2D eigenvalue weighted by molar-refractivity contribution is -0.126. The normalized spacial score (nSPS) is 25.7. The summed E-state index contributed by atoms with van der Waals surface area (Å²) in [5.74, 6) is 0.0239. The summed E-state index contributed by atoms with van der Waals surface area (Å²) < 4.78 is 5.30. The predicted molar refractivity (Wildman–Crippen MR) is 61.3 cm³/mol. The van der Waals surface area contributed by atoms with Crippen molar-refractivity contribution in [1.82, 2.24) is 4.90 Å². The quantitative estimate of drug-likeness (QED) is 0.691. The van der Waals surface area contributed by atoms with E-state index in [9.17, 15) is 9.59 Å². The van der Waals surface area contributed by atoms with E-state index in [1.54, 1.807) is 4.90 Å². The molecule has 4 nitrogen and oxygen atoms in total. The summed E-state index contributed by atoms with van der Waals surface area (Å²) in [4.78, 5) is 25.1. The molecule has 1 atom stereocenters. The van der Waals surface area contributed by atoms with Gasteiger partial charge in [-0.05, 0) is 47.5 Å². The first kappa shape index (κ1) is 13.0. The molecule has 1 rings (SSSR count). The molecule has 1 amide bonds. The van der Waals surface area contributed by atoms with Crippen LogP contribution in [0.4, 0.5) is 4.79 Å². The molecule has 1 fully saturated rings. The lowest BCUT2D eigenvalue weighted by Gasteiger charge is -2.34. The van der Waals surface area contributed by atoms with E-state index in [4.69, 9.17) is 4.74 Å². The van der Waals surface area contributed by atoms with Gasteiger partial charge in [-0.2, -0.15) is 0 Å². The average molecular weight is 227 g/mol. The van der Waals surface area contributed by atoms with Crippen molar-refractivity contribution in [2.45, 2.75) is 58.6 Å². The van der Waals surface area contributed by atoms with Crippen molar-refractivity contribution in [3.63, 3.8) is 0 Å². The molecule has 0 aromatic carbocycles. The van der Waals surface area contributed by atoms with E-state index in [2.05, 4.69) is 0 Å². The maximum Gasteiger partial charge on any atom is 0.411 e. The van der Waals surface area contributed by atoms with Gasteiger partial charge in [0.1, 0.15) is 11.1 Å². The number of amides is 1. The number of hydrogen-bond acceptors (Lipinski definition) is 3. The monoisotopic (exact) mass is 227 g/mol. The molecule has 0 aliphatic carbocycles. The first-order valence-corrected chi connectivity index (χ1v) is 5.68. The zero-order valence-electron chi connectivity index (χ0n) is 10.8. The standard InChI is InChI=1S/C12H21NO3/c1-9(14)12(5)7-6-8-13(12)10(15)16-11(2,3)4/h6-8H2,1-5H3. The Morgan fingerprint density at radius 1 is 1.31 bits per heavy atom. The Kier molecular flexibility index (Phi) is 3.31. The van der Waals surface area contributed by atoms with Gasteiger partial charge in [0.15, 0.2) is 5.78 Å². The Labute approximate surface area is 96.9 Å². The van der Waals surface area contributed by atoms with Crippen molar-refractivity contribution in [3.8, 4) is 0 Å². The van der Waals surface area contributed by atoms with E-state index in [-0.39, 0.29) is 11.9 Å². The molecule has 0 spiro atoms. The van der Waals surface area contributed by atoms with Crippen LogP contribution >= 0.6 is 0 Å². The fourth-order valence-electron chi connectivity index (χ4n) is 1.94. The fourth-order valence-corrected chi connectivity index (χ4v) is 1.94. The maximum absolute atomic E-state index is 11.9. The van der Waals surface area contributed by atoms with Crippen LogP contribution < -0.4 is 0 Å². The molecule has 0 N–H and O–H groups in total. The molecular formula is C12H21NO3. The first-order chi connectivity index (χ1) is 7.17. The maximum atomic E-state index is 11.9. The number of carbonyl (C=O) groups excluding carboxylic acids is 2. The Hall–Kier alpha value is -1.06. The zero-order valence-corrected chi connectivity index (χ0v) is 10.8. The molecule has 0 aromatic heterocycles. The Morgan fingerprint density at radius 2 is 1.88 bits per heavy atom. The van der Waals surface area contributed by atoms with Crippen LogP contribution in [-0.4, -0.2) is 34.5 Å². The summed E-state index contributed by atoms with van der Waals surface area (Å²) in [6, 6.07) is 0. The van der Waals surface area contributed by atoms with Gasteiger partial charge in [-0.3, -0.25) is 9.69 Å². The second kappa shape index (κ2) is 4.07. The fraction of sp³-hybridized carbons (Fsp3) is 0.833. The molecular weight excluding hydrogens is 206 g/mol. The van der Waals surface area contributed by atoms with Gasteiger partial charge >= 0.3 is 6.09 Å². The van der Waals surface area contributed by atoms with Crippen LogP contribution in [0.25, 0.3) is 0 Å². The highest BCUT2D eigenvalue weighted by Crippen LogP contribution is 2.31. The van der Waals surface area contributed by atoms with Crippen LogP contribution in [0.2, 0.25) is 0 Å². The third-order valence-corrected chi connectivity index (χ3v) is 3.01. The van der Waals surface area contributed by atoms with Crippen molar-refractivity contribution in [3.05, 3.63) is 0 Å². The van der Waals surface area contributed by atoms with Gasteiger partial charge in [0.2, 0.25) is 0 Å². The number of nitrogens with zero attached hydrogens (tertiary/aromatic N) is 1. The third-order valence-electron chi connectivity index (χ3n) is 3.01. The van der Waals surface area contributed by atoms with E-state index in [0.29, 0.717) is 6.54 Å². The van der Waals surface area contributed by atoms with Gasteiger partial charge in [-0.25, -0.2) is 4.79 Å². The van der Waals surface area contributed by atoms with E-state index in [1.807, 2.05) is 27.7 Å². The van der Waals surface area contributed by atoms with Crippen LogP contribution in [-0.2, 0) is 9.53 Å². The third kappa shape index (κ3) is 2.54.